The lowest BCUT2D eigenvalue weighted by Crippen LogP contribution is -2.31. The van der Waals surface area contributed by atoms with Crippen molar-refractivity contribution in [3.63, 3.8) is 0 Å². The number of carbonyl (C=O) groups excluding carboxylic acids is 1. The topological polar surface area (TPSA) is 40.5 Å². The molecular formula is C15H18BrNO2. The van der Waals surface area contributed by atoms with Crippen LogP contribution >= 0.6 is 15.9 Å². The van der Waals surface area contributed by atoms with Gasteiger partial charge in [0.15, 0.2) is 0 Å². The van der Waals surface area contributed by atoms with Gasteiger partial charge < -0.3 is 10.0 Å². The summed E-state index contributed by atoms with van der Waals surface area (Å²) >= 11 is 3.42. The molecule has 3 rings (SSSR count). The minimum Gasteiger partial charge on any atom is -0.393 e. The van der Waals surface area contributed by atoms with Gasteiger partial charge in [-0.05, 0) is 49.4 Å². The van der Waals surface area contributed by atoms with Crippen LogP contribution in [-0.4, -0.2) is 35.1 Å². The molecule has 1 N–H and O–H groups in total. The predicted octanol–water partition coefficient (Wildman–Crippen LogP) is 2.60. The van der Waals surface area contributed by atoms with Gasteiger partial charge in [0.05, 0.1) is 6.10 Å². The van der Waals surface area contributed by atoms with Crippen LogP contribution < -0.4 is 0 Å². The molecule has 0 spiro atoms. The average molecular weight is 324 g/mol. The second-order valence-electron chi connectivity index (χ2n) is 5.74. The fraction of sp³-hybridized carbons (Fsp3) is 0.533. The SMILES string of the molecule is Cc1cc(Br)ccc1C(=O)N1CC2CCC(O)C2C1. The van der Waals surface area contributed by atoms with Crippen LogP contribution in [0.3, 0.4) is 0 Å². The normalized spacial score (nSPS) is 29.6. The lowest BCUT2D eigenvalue weighted by atomic mass is 10.00. The van der Waals surface area contributed by atoms with E-state index in [1.165, 1.54) is 0 Å². The van der Waals surface area contributed by atoms with E-state index in [-0.39, 0.29) is 12.0 Å². The van der Waals surface area contributed by atoms with Gasteiger partial charge in [-0.1, -0.05) is 15.9 Å². The van der Waals surface area contributed by atoms with Gasteiger partial charge in [-0.25, -0.2) is 0 Å². The molecule has 3 atom stereocenters. The third kappa shape index (κ3) is 2.32. The highest BCUT2D eigenvalue weighted by atomic mass is 79.9. The summed E-state index contributed by atoms with van der Waals surface area (Å²) in [6, 6.07) is 5.76. The number of likely N-dealkylation sites (tertiary alicyclic amines) is 1. The molecule has 1 aliphatic heterocycles. The molecular weight excluding hydrogens is 306 g/mol. The lowest BCUT2D eigenvalue weighted by Gasteiger charge is -2.19. The smallest absolute Gasteiger partial charge is 0.254 e. The van der Waals surface area contributed by atoms with Crippen molar-refractivity contribution in [3.05, 3.63) is 33.8 Å². The van der Waals surface area contributed by atoms with Crippen molar-refractivity contribution >= 4 is 21.8 Å². The summed E-state index contributed by atoms with van der Waals surface area (Å²) in [5.74, 6) is 0.890. The number of halogens is 1. The summed E-state index contributed by atoms with van der Waals surface area (Å²) in [6.45, 7) is 3.47. The molecule has 0 bridgehead atoms. The van der Waals surface area contributed by atoms with Gasteiger partial charge in [0.1, 0.15) is 0 Å². The molecule has 3 unspecified atom stereocenters. The highest BCUT2D eigenvalue weighted by Crippen LogP contribution is 2.38. The molecule has 2 aliphatic rings. The predicted molar refractivity (Wildman–Crippen MR) is 77.0 cm³/mol. The maximum Gasteiger partial charge on any atom is 0.254 e. The Morgan fingerprint density at radius 1 is 1.37 bits per heavy atom. The number of aliphatic hydroxyl groups excluding tert-OH is 1. The van der Waals surface area contributed by atoms with Crippen molar-refractivity contribution in [3.8, 4) is 0 Å². The molecule has 1 aromatic rings. The number of nitrogens with zero attached hydrogens (tertiary/aromatic N) is 1. The Morgan fingerprint density at radius 3 is 2.84 bits per heavy atom. The second kappa shape index (κ2) is 4.91. The zero-order chi connectivity index (χ0) is 13.6. The minimum atomic E-state index is -0.214. The number of hydrogen-bond acceptors (Lipinski definition) is 2. The van der Waals surface area contributed by atoms with Gasteiger partial charge >= 0.3 is 0 Å². The summed E-state index contributed by atoms with van der Waals surface area (Å²) < 4.78 is 0.996. The average Bonchev–Trinajstić information content (AvgIpc) is 2.91. The minimum absolute atomic E-state index is 0.103. The van der Waals surface area contributed by atoms with E-state index in [0.29, 0.717) is 18.4 Å². The van der Waals surface area contributed by atoms with Gasteiger partial charge in [0.25, 0.3) is 5.91 Å². The first kappa shape index (κ1) is 13.1. The molecule has 1 saturated heterocycles. The first-order valence-corrected chi connectivity index (χ1v) is 7.59. The summed E-state index contributed by atoms with van der Waals surface area (Å²) in [6.07, 6.45) is 1.73. The van der Waals surface area contributed by atoms with Gasteiger partial charge in [-0.3, -0.25) is 4.79 Å². The molecule has 1 amide bonds. The van der Waals surface area contributed by atoms with E-state index in [4.69, 9.17) is 0 Å². The number of aryl methyl sites for hydroxylation is 1. The van der Waals surface area contributed by atoms with Crippen molar-refractivity contribution in [2.75, 3.05) is 13.1 Å². The van der Waals surface area contributed by atoms with E-state index < -0.39 is 0 Å². The Morgan fingerprint density at radius 2 is 2.16 bits per heavy atom. The number of amides is 1. The largest absolute Gasteiger partial charge is 0.393 e. The molecule has 102 valence electrons. The third-order valence-corrected chi connectivity index (χ3v) is 5.02. The highest BCUT2D eigenvalue weighted by molar-refractivity contribution is 9.10. The fourth-order valence-electron chi connectivity index (χ4n) is 3.44. The number of rotatable bonds is 1. The van der Waals surface area contributed by atoms with Crippen molar-refractivity contribution in [1.29, 1.82) is 0 Å². The van der Waals surface area contributed by atoms with E-state index in [1.54, 1.807) is 0 Å². The van der Waals surface area contributed by atoms with Crippen molar-refractivity contribution in [2.24, 2.45) is 11.8 Å². The van der Waals surface area contributed by atoms with Gasteiger partial charge in [-0.2, -0.15) is 0 Å². The fourth-order valence-corrected chi connectivity index (χ4v) is 3.92. The number of carbonyl (C=O) groups is 1. The molecule has 1 saturated carbocycles. The van der Waals surface area contributed by atoms with Gasteiger partial charge in [0, 0.05) is 29.0 Å². The Bertz CT molecular complexity index is 517. The summed E-state index contributed by atoms with van der Waals surface area (Å²) in [5.41, 5.74) is 1.77. The molecule has 19 heavy (non-hydrogen) atoms. The van der Waals surface area contributed by atoms with E-state index in [0.717, 1.165) is 35.0 Å². The van der Waals surface area contributed by atoms with E-state index in [1.807, 2.05) is 30.0 Å². The van der Waals surface area contributed by atoms with Crippen LogP contribution in [0.5, 0.6) is 0 Å². The van der Waals surface area contributed by atoms with E-state index >= 15 is 0 Å². The van der Waals surface area contributed by atoms with Gasteiger partial charge in [0.2, 0.25) is 0 Å². The zero-order valence-electron chi connectivity index (χ0n) is 11.0. The van der Waals surface area contributed by atoms with Crippen LogP contribution in [0.2, 0.25) is 0 Å². The highest BCUT2D eigenvalue weighted by Gasteiger charge is 2.43. The first-order chi connectivity index (χ1) is 9.06. The van der Waals surface area contributed by atoms with Crippen LogP contribution in [0.1, 0.15) is 28.8 Å². The van der Waals surface area contributed by atoms with Crippen LogP contribution in [0.4, 0.5) is 0 Å². The van der Waals surface area contributed by atoms with Crippen LogP contribution in [0.25, 0.3) is 0 Å². The zero-order valence-corrected chi connectivity index (χ0v) is 12.6. The number of aliphatic hydroxyl groups is 1. The van der Waals surface area contributed by atoms with Crippen molar-refractivity contribution < 1.29 is 9.90 Å². The molecule has 0 radical (unpaired) electrons. The molecule has 1 aliphatic carbocycles. The molecule has 1 aromatic carbocycles. The third-order valence-electron chi connectivity index (χ3n) is 4.53. The first-order valence-electron chi connectivity index (χ1n) is 6.80. The summed E-state index contributed by atoms with van der Waals surface area (Å²) in [5, 5.41) is 9.92. The Labute approximate surface area is 121 Å². The Kier molecular flexibility index (Phi) is 3.39. The standard InChI is InChI=1S/C15H18BrNO2/c1-9-6-11(16)3-4-12(9)15(19)17-7-10-2-5-14(18)13(10)8-17/h3-4,6,10,13-14,18H,2,5,7-8H2,1H3. The summed E-state index contributed by atoms with van der Waals surface area (Å²) in [4.78, 5) is 14.5. The number of fused-ring (bicyclic) bond motifs is 1. The molecule has 1 heterocycles. The molecule has 4 heteroatoms. The van der Waals surface area contributed by atoms with E-state index in [2.05, 4.69) is 15.9 Å². The van der Waals surface area contributed by atoms with Gasteiger partial charge in [-0.15, -0.1) is 0 Å². The maximum absolute atomic E-state index is 12.5. The van der Waals surface area contributed by atoms with E-state index in [9.17, 15) is 9.90 Å². The van der Waals surface area contributed by atoms with Crippen molar-refractivity contribution in [2.45, 2.75) is 25.9 Å². The molecule has 2 fully saturated rings. The second-order valence-corrected chi connectivity index (χ2v) is 6.65. The van der Waals surface area contributed by atoms with Crippen LogP contribution in [0, 0.1) is 18.8 Å². The number of benzene rings is 1. The summed E-state index contributed by atoms with van der Waals surface area (Å²) in [7, 11) is 0. The lowest BCUT2D eigenvalue weighted by molar-refractivity contribution is 0.0751. The monoisotopic (exact) mass is 323 g/mol. The maximum atomic E-state index is 12.5. The van der Waals surface area contributed by atoms with Crippen LogP contribution in [0.15, 0.2) is 22.7 Å². The molecule has 0 aromatic heterocycles. The Hall–Kier alpha value is -0.870. The number of hydrogen-bond donors (Lipinski definition) is 1. The van der Waals surface area contributed by atoms with Crippen molar-refractivity contribution in [1.82, 2.24) is 4.90 Å². The van der Waals surface area contributed by atoms with Crippen LogP contribution in [-0.2, 0) is 0 Å². The quantitative estimate of drug-likeness (QED) is 0.863. The molecule has 3 nitrogen and oxygen atoms in total. The Balaban J connectivity index is 1.78.